The first-order valence-corrected chi connectivity index (χ1v) is 12.7. The zero-order valence-corrected chi connectivity index (χ0v) is 22.5. The Kier molecular flexibility index (Phi) is 7.41. The molecule has 12 heteroatoms. The van der Waals surface area contributed by atoms with E-state index < -0.39 is 28.9 Å². The van der Waals surface area contributed by atoms with Crippen LogP contribution < -0.4 is 31.3 Å². The fourth-order valence-electron chi connectivity index (χ4n) is 4.65. The third kappa shape index (κ3) is 5.06. The third-order valence-electron chi connectivity index (χ3n) is 7.17. The van der Waals surface area contributed by atoms with Crippen LogP contribution in [0.15, 0.2) is 24.3 Å². The van der Waals surface area contributed by atoms with Gasteiger partial charge in [0.1, 0.15) is 22.6 Å². The van der Waals surface area contributed by atoms with Crippen molar-refractivity contribution in [3.63, 3.8) is 0 Å². The van der Waals surface area contributed by atoms with Gasteiger partial charge in [-0.05, 0) is 46.8 Å². The van der Waals surface area contributed by atoms with E-state index in [0.717, 1.165) is 46.1 Å². The summed E-state index contributed by atoms with van der Waals surface area (Å²) in [4.78, 5) is 4.46. The molecule has 0 amide bonds. The molecule has 0 spiro atoms. The Bertz CT molecular complexity index is 1300. The number of hydrazine groups is 1. The summed E-state index contributed by atoms with van der Waals surface area (Å²) >= 11 is 0. The topological polar surface area (TPSA) is 103 Å². The molecule has 1 saturated heterocycles. The highest BCUT2D eigenvalue weighted by Crippen LogP contribution is 2.41. The molecule has 9 nitrogen and oxygen atoms in total. The molecule has 3 heterocycles. The normalized spacial score (nSPS) is 18.0. The average Bonchev–Trinajstić information content (AvgIpc) is 2.86. The summed E-state index contributed by atoms with van der Waals surface area (Å²) in [6.07, 6.45) is 0. The van der Waals surface area contributed by atoms with E-state index in [1.165, 1.54) is 24.2 Å². The van der Waals surface area contributed by atoms with Gasteiger partial charge in [0.2, 0.25) is 0 Å². The van der Waals surface area contributed by atoms with Crippen molar-refractivity contribution in [1.29, 1.82) is 0 Å². The van der Waals surface area contributed by atoms with Crippen molar-refractivity contribution in [1.82, 2.24) is 30.8 Å². The zero-order chi connectivity index (χ0) is 28.0. The predicted molar refractivity (Wildman–Crippen MR) is 136 cm³/mol. The smallest absolute Gasteiger partial charge is 0.303 e. The molecule has 1 atom stereocenters. The lowest BCUT2D eigenvalue weighted by atomic mass is 9.91. The first-order chi connectivity index (χ1) is 17.7. The second-order valence-corrected chi connectivity index (χ2v) is 10.6. The molecular weight excluding hydrogens is 499 g/mol. The highest BCUT2D eigenvalue weighted by Gasteiger charge is 2.49. The molecule has 0 saturated carbocycles. The van der Waals surface area contributed by atoms with E-state index in [9.17, 15) is 19.0 Å². The Balaban J connectivity index is 1.70. The average molecular weight is 535 g/mol. The van der Waals surface area contributed by atoms with E-state index in [1.807, 2.05) is 0 Å². The van der Waals surface area contributed by atoms with Gasteiger partial charge < -0.3 is 25.4 Å². The number of alkyl halides is 2. The van der Waals surface area contributed by atoms with Crippen LogP contribution in [0, 0.1) is 5.82 Å². The SMILES string of the molecule is CC(C)N1CCN(c2cc3c(nn2)=C([O-])N(C)NC=3N[C@H](C)c2cccc(C(F)(F)C(C)(C)O)c2F)CC1. The fourth-order valence-corrected chi connectivity index (χ4v) is 4.65. The number of benzene rings is 1. The molecule has 38 heavy (non-hydrogen) atoms. The second-order valence-electron chi connectivity index (χ2n) is 10.6. The fraction of sp³-hybridized carbons (Fsp3) is 0.538. The van der Waals surface area contributed by atoms with Crippen LogP contribution in [0.3, 0.4) is 0 Å². The number of fused-ring (bicyclic) bond motifs is 1. The molecule has 3 N–H and O–H groups in total. The minimum Gasteiger partial charge on any atom is -0.857 e. The van der Waals surface area contributed by atoms with Gasteiger partial charge in [0, 0.05) is 55.9 Å². The quantitative estimate of drug-likeness (QED) is 0.463. The van der Waals surface area contributed by atoms with Crippen molar-refractivity contribution in [3.05, 3.63) is 51.8 Å². The van der Waals surface area contributed by atoms with Crippen LogP contribution in [0.2, 0.25) is 0 Å². The molecule has 1 aromatic carbocycles. The number of aliphatic hydroxyl groups is 1. The van der Waals surface area contributed by atoms with E-state index in [0.29, 0.717) is 22.9 Å². The van der Waals surface area contributed by atoms with Crippen LogP contribution in [0.1, 0.15) is 51.8 Å². The van der Waals surface area contributed by atoms with Crippen molar-refractivity contribution in [2.24, 2.45) is 0 Å². The molecule has 0 radical (unpaired) electrons. The highest BCUT2D eigenvalue weighted by atomic mass is 19.3. The van der Waals surface area contributed by atoms with Gasteiger partial charge in [-0.1, -0.05) is 12.1 Å². The minimum atomic E-state index is -3.81. The van der Waals surface area contributed by atoms with Crippen LogP contribution in [-0.4, -0.2) is 70.1 Å². The summed E-state index contributed by atoms with van der Waals surface area (Å²) in [6, 6.07) is 5.12. The van der Waals surface area contributed by atoms with Crippen LogP contribution >= 0.6 is 0 Å². The van der Waals surface area contributed by atoms with Crippen molar-refractivity contribution in [2.75, 3.05) is 38.1 Å². The molecule has 208 valence electrons. The maximum atomic E-state index is 15.4. The van der Waals surface area contributed by atoms with E-state index in [-0.39, 0.29) is 16.8 Å². The largest absolute Gasteiger partial charge is 0.857 e. The molecule has 2 aliphatic rings. The minimum absolute atomic E-state index is 0.0196. The van der Waals surface area contributed by atoms with Gasteiger partial charge in [0.25, 0.3) is 0 Å². The van der Waals surface area contributed by atoms with Crippen LogP contribution in [-0.2, 0) is 5.92 Å². The maximum absolute atomic E-state index is 15.4. The van der Waals surface area contributed by atoms with Crippen LogP contribution in [0.4, 0.5) is 19.0 Å². The number of nitrogens with one attached hydrogen (secondary N) is 2. The molecule has 2 aromatic rings. The van der Waals surface area contributed by atoms with Gasteiger partial charge in [-0.25, -0.2) is 4.39 Å². The highest BCUT2D eigenvalue weighted by molar-refractivity contribution is 5.51. The van der Waals surface area contributed by atoms with Crippen molar-refractivity contribution < 1.29 is 23.4 Å². The summed E-state index contributed by atoms with van der Waals surface area (Å²) in [7, 11) is 1.52. The lowest BCUT2D eigenvalue weighted by Crippen LogP contribution is -2.56. The number of hydrogen-bond acceptors (Lipinski definition) is 9. The van der Waals surface area contributed by atoms with Crippen molar-refractivity contribution in [2.45, 2.75) is 58.2 Å². The monoisotopic (exact) mass is 534 g/mol. The molecule has 2 aliphatic heterocycles. The number of nitrogens with zero attached hydrogens (tertiary/aromatic N) is 5. The Hall–Kier alpha value is -3.25. The number of aromatic nitrogens is 2. The molecule has 1 aromatic heterocycles. The number of rotatable bonds is 7. The third-order valence-corrected chi connectivity index (χ3v) is 7.17. The van der Waals surface area contributed by atoms with Gasteiger partial charge in [0.05, 0.1) is 11.6 Å². The summed E-state index contributed by atoms with van der Waals surface area (Å²) in [5, 5.41) is 36.1. The first kappa shape index (κ1) is 27.8. The molecule has 0 bridgehead atoms. The van der Waals surface area contributed by atoms with Gasteiger partial charge in [0.15, 0.2) is 5.82 Å². The summed E-state index contributed by atoms with van der Waals surface area (Å²) in [6.45, 7) is 11.0. The number of halogens is 3. The number of piperazine rings is 1. The number of anilines is 1. The van der Waals surface area contributed by atoms with E-state index in [4.69, 9.17) is 0 Å². The Labute approximate surface area is 220 Å². The van der Waals surface area contributed by atoms with Crippen LogP contribution in [0.5, 0.6) is 0 Å². The Morgan fingerprint density at radius 2 is 1.76 bits per heavy atom. The first-order valence-electron chi connectivity index (χ1n) is 12.7. The van der Waals surface area contributed by atoms with Gasteiger partial charge in [-0.15, -0.1) is 10.2 Å². The summed E-state index contributed by atoms with van der Waals surface area (Å²) < 4.78 is 45.0. The lowest BCUT2D eigenvalue weighted by Gasteiger charge is -2.37. The Morgan fingerprint density at radius 1 is 1.11 bits per heavy atom. The predicted octanol–water partition coefficient (Wildman–Crippen LogP) is 0.301. The second kappa shape index (κ2) is 10.1. The summed E-state index contributed by atoms with van der Waals surface area (Å²) in [5.41, 5.74) is -0.419. The molecule has 4 rings (SSSR count). The van der Waals surface area contributed by atoms with Gasteiger partial charge >= 0.3 is 5.92 Å². The standard InChI is InChI=1S/C26H36F3N7O2/c1-15(2)35-10-12-36(13-11-35)20-14-18-22(32-31-20)24(37)34(6)33-23(18)30-16(3)17-8-7-9-19(21(17)27)26(28,29)25(4,5)38/h7-9,14-16,30,33,37-38H,10-13H2,1-6H3/p-1/t16-/m1/s1. The van der Waals surface area contributed by atoms with Gasteiger partial charge in [-0.2, -0.15) is 8.78 Å². The maximum Gasteiger partial charge on any atom is 0.303 e. The van der Waals surface area contributed by atoms with Crippen LogP contribution in [0.25, 0.3) is 11.7 Å². The van der Waals surface area contributed by atoms with Crippen molar-refractivity contribution >= 4 is 17.5 Å². The molecular formula is C26H35F3N7O2-. The van der Waals surface area contributed by atoms with Gasteiger partial charge in [-0.3, -0.25) is 10.3 Å². The van der Waals surface area contributed by atoms with E-state index in [2.05, 4.69) is 44.6 Å². The molecule has 0 aliphatic carbocycles. The Morgan fingerprint density at radius 3 is 2.37 bits per heavy atom. The summed E-state index contributed by atoms with van der Waals surface area (Å²) in [5.74, 6) is -4.34. The van der Waals surface area contributed by atoms with E-state index in [1.54, 1.807) is 13.0 Å². The number of hydrogen-bond donors (Lipinski definition) is 3. The molecule has 0 unspecified atom stereocenters. The van der Waals surface area contributed by atoms with Crippen molar-refractivity contribution in [3.8, 4) is 0 Å². The molecule has 1 fully saturated rings. The lowest BCUT2D eigenvalue weighted by molar-refractivity contribution is -0.274. The zero-order valence-electron chi connectivity index (χ0n) is 22.5. The van der Waals surface area contributed by atoms with E-state index >= 15 is 4.39 Å².